The van der Waals surface area contributed by atoms with Gasteiger partial charge < -0.3 is 15.9 Å². The lowest BCUT2D eigenvalue weighted by atomic mass is 10.2. The van der Waals surface area contributed by atoms with Gasteiger partial charge in [0.1, 0.15) is 0 Å². The van der Waals surface area contributed by atoms with Gasteiger partial charge in [0.2, 0.25) is 0 Å². The van der Waals surface area contributed by atoms with Gasteiger partial charge in [0.25, 0.3) is 0 Å². The molecule has 4 N–H and O–H groups in total. The molecule has 0 amide bonds. The van der Waals surface area contributed by atoms with Crippen LogP contribution in [0.1, 0.15) is 17.3 Å². The van der Waals surface area contributed by atoms with Gasteiger partial charge in [-0.25, -0.2) is 4.79 Å². The molecule has 0 bridgehead atoms. The van der Waals surface area contributed by atoms with Crippen molar-refractivity contribution >= 4 is 23.4 Å². The maximum Gasteiger partial charge on any atom is 0.337 e. The molecule has 88 valence electrons. The molecule has 0 aliphatic rings. The first-order valence-corrected chi connectivity index (χ1v) is 5.90. The van der Waals surface area contributed by atoms with Gasteiger partial charge in [0.15, 0.2) is 0 Å². The van der Waals surface area contributed by atoms with Crippen molar-refractivity contribution in [3.8, 4) is 0 Å². The Hall–Kier alpha value is -1.20. The molecule has 0 aromatic heterocycles. The summed E-state index contributed by atoms with van der Waals surface area (Å²) in [5.41, 5.74) is 6.17. The van der Waals surface area contributed by atoms with E-state index < -0.39 is 5.97 Å². The molecule has 0 saturated heterocycles. The number of nitrogen functional groups attached to an aromatic ring is 1. The molecule has 0 saturated carbocycles. The largest absolute Gasteiger partial charge is 0.478 e. The number of aliphatic hydroxyl groups excluding tert-OH is 1. The van der Waals surface area contributed by atoms with Crippen LogP contribution in [0.3, 0.4) is 0 Å². The fraction of sp³-hybridized carbons (Fsp3) is 0.364. The van der Waals surface area contributed by atoms with Crippen LogP contribution in [0.4, 0.5) is 5.69 Å². The molecular formula is C11H15NO3S. The molecule has 16 heavy (non-hydrogen) atoms. The second-order valence-electron chi connectivity index (χ2n) is 3.62. The topological polar surface area (TPSA) is 83.5 Å². The molecule has 0 spiro atoms. The molecule has 0 aliphatic heterocycles. The lowest BCUT2D eigenvalue weighted by Crippen LogP contribution is -2.06. The molecule has 0 radical (unpaired) electrons. The predicted molar refractivity (Wildman–Crippen MR) is 64.8 cm³/mol. The molecule has 5 heteroatoms. The second kappa shape index (κ2) is 5.77. The van der Waals surface area contributed by atoms with Gasteiger partial charge >= 0.3 is 5.97 Å². The van der Waals surface area contributed by atoms with E-state index >= 15 is 0 Å². The van der Waals surface area contributed by atoms with E-state index in [-0.39, 0.29) is 18.1 Å². The Morgan fingerprint density at radius 3 is 2.81 bits per heavy atom. The van der Waals surface area contributed by atoms with Crippen molar-refractivity contribution in [3.05, 3.63) is 23.8 Å². The van der Waals surface area contributed by atoms with E-state index in [4.69, 9.17) is 15.9 Å². The number of carboxylic acids is 1. The van der Waals surface area contributed by atoms with E-state index in [1.165, 1.54) is 17.8 Å². The van der Waals surface area contributed by atoms with E-state index in [0.717, 1.165) is 4.90 Å². The summed E-state index contributed by atoms with van der Waals surface area (Å²) in [6, 6.07) is 4.94. The monoisotopic (exact) mass is 241 g/mol. The number of aliphatic hydroxyl groups is 1. The summed E-state index contributed by atoms with van der Waals surface area (Å²) < 4.78 is 0. The van der Waals surface area contributed by atoms with E-state index in [2.05, 4.69) is 0 Å². The molecule has 1 aromatic rings. The first-order valence-electron chi connectivity index (χ1n) is 4.91. The van der Waals surface area contributed by atoms with Crippen LogP contribution in [0.5, 0.6) is 0 Å². The third kappa shape index (κ3) is 3.15. The SMILES string of the molecule is CC(CO)CSc1cccc(C(=O)O)c1N. The number of rotatable bonds is 5. The summed E-state index contributed by atoms with van der Waals surface area (Å²) in [4.78, 5) is 11.6. The average Bonchev–Trinajstić information content (AvgIpc) is 2.26. The zero-order valence-electron chi connectivity index (χ0n) is 9.01. The van der Waals surface area contributed by atoms with Crippen LogP contribution in [0, 0.1) is 5.92 Å². The number of thioether (sulfide) groups is 1. The van der Waals surface area contributed by atoms with Crippen molar-refractivity contribution < 1.29 is 15.0 Å². The first-order chi connectivity index (χ1) is 7.56. The van der Waals surface area contributed by atoms with Crippen molar-refractivity contribution in [2.45, 2.75) is 11.8 Å². The summed E-state index contributed by atoms with van der Waals surface area (Å²) in [7, 11) is 0. The molecule has 0 fully saturated rings. The first kappa shape index (κ1) is 12.9. The Morgan fingerprint density at radius 2 is 2.25 bits per heavy atom. The van der Waals surface area contributed by atoms with Gasteiger partial charge in [-0.15, -0.1) is 11.8 Å². The molecule has 1 rings (SSSR count). The number of hydrogen-bond acceptors (Lipinski definition) is 4. The number of hydrogen-bond donors (Lipinski definition) is 3. The van der Waals surface area contributed by atoms with E-state index in [1.54, 1.807) is 12.1 Å². The molecule has 1 unspecified atom stereocenters. The van der Waals surface area contributed by atoms with Crippen molar-refractivity contribution in [1.29, 1.82) is 0 Å². The molecule has 0 aliphatic carbocycles. The van der Waals surface area contributed by atoms with Crippen LogP contribution >= 0.6 is 11.8 Å². The number of para-hydroxylation sites is 1. The number of benzene rings is 1. The van der Waals surface area contributed by atoms with Gasteiger partial charge in [0, 0.05) is 17.3 Å². The third-order valence-corrected chi connectivity index (χ3v) is 3.53. The quantitative estimate of drug-likeness (QED) is 0.539. The summed E-state index contributed by atoms with van der Waals surface area (Å²) in [5, 5.41) is 17.8. The van der Waals surface area contributed by atoms with Gasteiger partial charge in [0.05, 0.1) is 11.3 Å². The Labute approximate surface area is 98.5 Å². The van der Waals surface area contributed by atoms with Gasteiger partial charge in [-0.3, -0.25) is 0 Å². The fourth-order valence-electron chi connectivity index (χ4n) is 1.14. The number of nitrogens with two attached hydrogens (primary N) is 1. The summed E-state index contributed by atoms with van der Waals surface area (Å²) in [6.45, 7) is 2.04. The van der Waals surface area contributed by atoms with E-state index in [9.17, 15) is 4.79 Å². The number of carboxylic acid groups (broad SMARTS) is 1. The Balaban J connectivity index is 2.81. The van der Waals surface area contributed by atoms with Crippen molar-refractivity contribution in [2.75, 3.05) is 18.1 Å². The fourth-order valence-corrected chi connectivity index (χ4v) is 2.15. The normalized spacial score (nSPS) is 12.4. The molecule has 0 heterocycles. The molecular weight excluding hydrogens is 226 g/mol. The summed E-state index contributed by atoms with van der Waals surface area (Å²) in [6.07, 6.45) is 0. The van der Waals surface area contributed by atoms with Gasteiger partial charge in [-0.1, -0.05) is 13.0 Å². The Kier molecular flexibility index (Phi) is 4.64. The molecule has 1 atom stereocenters. The second-order valence-corrected chi connectivity index (χ2v) is 4.68. The molecule has 1 aromatic carbocycles. The van der Waals surface area contributed by atoms with Crippen molar-refractivity contribution in [1.82, 2.24) is 0 Å². The predicted octanol–water partition coefficient (Wildman–Crippen LogP) is 1.69. The van der Waals surface area contributed by atoms with Crippen LogP contribution in [0.2, 0.25) is 0 Å². The standard InChI is InChI=1S/C11H15NO3S/c1-7(5-13)6-16-9-4-2-3-8(10(9)12)11(14)15/h2-4,7,13H,5-6,12H2,1H3,(H,14,15). The Morgan fingerprint density at radius 1 is 1.56 bits per heavy atom. The minimum atomic E-state index is -1.02. The lowest BCUT2D eigenvalue weighted by Gasteiger charge is -2.10. The summed E-state index contributed by atoms with van der Waals surface area (Å²) in [5.74, 6) is -0.142. The number of aromatic carboxylic acids is 1. The zero-order chi connectivity index (χ0) is 12.1. The van der Waals surface area contributed by atoms with Crippen molar-refractivity contribution in [3.63, 3.8) is 0 Å². The van der Waals surface area contributed by atoms with E-state index in [1.807, 2.05) is 6.92 Å². The lowest BCUT2D eigenvalue weighted by molar-refractivity contribution is 0.0698. The van der Waals surface area contributed by atoms with Gasteiger partial charge in [-0.2, -0.15) is 0 Å². The van der Waals surface area contributed by atoms with Crippen LogP contribution < -0.4 is 5.73 Å². The zero-order valence-corrected chi connectivity index (χ0v) is 9.83. The third-order valence-electron chi connectivity index (χ3n) is 2.13. The van der Waals surface area contributed by atoms with Crippen LogP contribution in [0.25, 0.3) is 0 Å². The highest BCUT2D eigenvalue weighted by molar-refractivity contribution is 7.99. The minimum absolute atomic E-state index is 0.117. The highest BCUT2D eigenvalue weighted by atomic mass is 32.2. The molecule has 4 nitrogen and oxygen atoms in total. The van der Waals surface area contributed by atoms with Crippen LogP contribution in [-0.4, -0.2) is 28.5 Å². The highest BCUT2D eigenvalue weighted by Gasteiger charge is 2.11. The summed E-state index contributed by atoms with van der Waals surface area (Å²) >= 11 is 1.46. The maximum atomic E-state index is 10.8. The van der Waals surface area contributed by atoms with Crippen molar-refractivity contribution in [2.24, 2.45) is 5.92 Å². The smallest absolute Gasteiger partial charge is 0.337 e. The number of anilines is 1. The van der Waals surface area contributed by atoms with E-state index in [0.29, 0.717) is 11.4 Å². The maximum absolute atomic E-state index is 10.8. The van der Waals surface area contributed by atoms with Crippen LogP contribution in [-0.2, 0) is 0 Å². The average molecular weight is 241 g/mol. The number of carbonyl (C=O) groups is 1. The van der Waals surface area contributed by atoms with Crippen LogP contribution in [0.15, 0.2) is 23.1 Å². The minimum Gasteiger partial charge on any atom is -0.478 e. The Bertz CT molecular complexity index is 381. The highest BCUT2D eigenvalue weighted by Crippen LogP contribution is 2.29. The van der Waals surface area contributed by atoms with Gasteiger partial charge in [-0.05, 0) is 18.1 Å².